The van der Waals surface area contributed by atoms with Crippen LogP contribution in [0.3, 0.4) is 0 Å². The molecule has 0 spiro atoms. The third-order valence-electron chi connectivity index (χ3n) is 3.36. The Morgan fingerprint density at radius 3 is 2.85 bits per heavy atom. The van der Waals surface area contributed by atoms with Crippen molar-refractivity contribution in [1.29, 1.82) is 0 Å². The first-order valence-corrected chi connectivity index (χ1v) is 7.32. The summed E-state index contributed by atoms with van der Waals surface area (Å²) in [7, 11) is 0. The maximum absolute atomic E-state index is 5.96. The van der Waals surface area contributed by atoms with E-state index in [2.05, 4.69) is 55.2 Å². The fraction of sp³-hybridized carbons (Fsp3) is 0.333. The largest absolute Gasteiger partial charge is 0.493 e. The second kappa shape index (κ2) is 7.71. The van der Waals surface area contributed by atoms with Gasteiger partial charge < -0.3 is 10.1 Å². The number of benzene rings is 2. The van der Waals surface area contributed by atoms with Gasteiger partial charge >= 0.3 is 0 Å². The van der Waals surface area contributed by atoms with Crippen molar-refractivity contribution in [2.75, 3.05) is 13.2 Å². The molecule has 2 rings (SSSR count). The van der Waals surface area contributed by atoms with E-state index in [0.29, 0.717) is 0 Å². The predicted molar refractivity (Wildman–Crippen MR) is 86.3 cm³/mol. The van der Waals surface area contributed by atoms with Crippen LogP contribution in [0.15, 0.2) is 49.1 Å². The highest BCUT2D eigenvalue weighted by Crippen LogP contribution is 2.28. The molecule has 2 heteroatoms. The highest BCUT2D eigenvalue weighted by atomic mass is 16.5. The third-order valence-corrected chi connectivity index (χ3v) is 3.36. The third kappa shape index (κ3) is 3.61. The summed E-state index contributed by atoms with van der Waals surface area (Å²) in [5.41, 5.74) is 1.25. The molecule has 2 aromatic carbocycles. The van der Waals surface area contributed by atoms with Gasteiger partial charge in [-0.2, -0.15) is 0 Å². The van der Waals surface area contributed by atoms with Gasteiger partial charge in [-0.25, -0.2) is 0 Å². The Morgan fingerprint density at radius 1 is 1.20 bits per heavy atom. The predicted octanol–water partition coefficient (Wildman–Crippen LogP) is 4.29. The SMILES string of the molecule is C=CCCCOc1ccc2ccccc2c1CNCC. The second-order valence-corrected chi connectivity index (χ2v) is 4.82. The summed E-state index contributed by atoms with van der Waals surface area (Å²) in [5.74, 6) is 0.994. The van der Waals surface area contributed by atoms with E-state index < -0.39 is 0 Å². The zero-order valence-corrected chi connectivity index (χ0v) is 12.2. The molecule has 0 saturated carbocycles. The normalized spacial score (nSPS) is 10.7. The second-order valence-electron chi connectivity index (χ2n) is 4.82. The molecule has 2 nitrogen and oxygen atoms in total. The number of ether oxygens (including phenoxy) is 1. The van der Waals surface area contributed by atoms with Crippen molar-refractivity contribution in [2.24, 2.45) is 0 Å². The van der Waals surface area contributed by atoms with Crippen molar-refractivity contribution in [3.8, 4) is 5.75 Å². The van der Waals surface area contributed by atoms with Crippen LogP contribution in [0.4, 0.5) is 0 Å². The smallest absolute Gasteiger partial charge is 0.124 e. The summed E-state index contributed by atoms with van der Waals surface area (Å²) in [4.78, 5) is 0. The summed E-state index contributed by atoms with van der Waals surface area (Å²) in [5, 5.41) is 5.94. The molecule has 1 N–H and O–H groups in total. The maximum atomic E-state index is 5.96. The Hall–Kier alpha value is -1.80. The summed E-state index contributed by atoms with van der Waals surface area (Å²) >= 11 is 0. The molecule has 0 aliphatic heterocycles. The fourth-order valence-electron chi connectivity index (χ4n) is 2.29. The molecule has 106 valence electrons. The zero-order valence-electron chi connectivity index (χ0n) is 12.2. The Labute approximate surface area is 121 Å². The number of rotatable bonds is 8. The van der Waals surface area contributed by atoms with Gasteiger partial charge in [0.25, 0.3) is 0 Å². The molecular formula is C18H23NO. The summed E-state index contributed by atoms with van der Waals surface area (Å²) < 4.78 is 5.96. The van der Waals surface area contributed by atoms with Crippen LogP contribution in [-0.2, 0) is 6.54 Å². The van der Waals surface area contributed by atoms with Gasteiger partial charge in [-0.3, -0.25) is 0 Å². The van der Waals surface area contributed by atoms with Crippen LogP contribution < -0.4 is 10.1 Å². The minimum absolute atomic E-state index is 0.740. The molecular weight excluding hydrogens is 246 g/mol. The molecule has 0 atom stereocenters. The van der Waals surface area contributed by atoms with Gasteiger partial charge in [0.15, 0.2) is 0 Å². The van der Waals surface area contributed by atoms with Gasteiger partial charge in [-0.15, -0.1) is 6.58 Å². The Bertz CT molecular complexity index is 562. The van der Waals surface area contributed by atoms with Crippen LogP contribution in [0.1, 0.15) is 25.3 Å². The highest BCUT2D eigenvalue weighted by molar-refractivity contribution is 5.87. The van der Waals surface area contributed by atoms with Gasteiger partial charge in [-0.1, -0.05) is 43.3 Å². The highest BCUT2D eigenvalue weighted by Gasteiger charge is 2.08. The molecule has 0 aromatic heterocycles. The van der Waals surface area contributed by atoms with E-state index in [0.717, 1.165) is 38.3 Å². The monoisotopic (exact) mass is 269 g/mol. The lowest BCUT2D eigenvalue weighted by atomic mass is 10.0. The van der Waals surface area contributed by atoms with Crippen LogP contribution >= 0.6 is 0 Å². The van der Waals surface area contributed by atoms with Gasteiger partial charge in [-0.05, 0) is 36.2 Å². The van der Waals surface area contributed by atoms with Crippen molar-refractivity contribution < 1.29 is 4.74 Å². The van der Waals surface area contributed by atoms with Crippen LogP contribution in [0.2, 0.25) is 0 Å². The van der Waals surface area contributed by atoms with Gasteiger partial charge in [0.2, 0.25) is 0 Å². The van der Waals surface area contributed by atoms with Gasteiger partial charge in [0, 0.05) is 12.1 Å². The molecule has 0 bridgehead atoms. The number of allylic oxidation sites excluding steroid dienone is 1. The first-order valence-electron chi connectivity index (χ1n) is 7.32. The Kier molecular flexibility index (Phi) is 5.63. The van der Waals surface area contributed by atoms with Crippen molar-refractivity contribution in [3.63, 3.8) is 0 Å². The first-order chi connectivity index (χ1) is 9.86. The van der Waals surface area contributed by atoms with E-state index in [1.807, 2.05) is 6.08 Å². The molecule has 0 fully saturated rings. The Morgan fingerprint density at radius 2 is 2.05 bits per heavy atom. The molecule has 0 saturated heterocycles. The van der Waals surface area contributed by atoms with Crippen LogP contribution in [0, 0.1) is 0 Å². The molecule has 0 radical (unpaired) electrons. The number of unbranched alkanes of at least 4 members (excludes halogenated alkanes) is 1. The molecule has 0 aliphatic carbocycles. The molecule has 0 aliphatic rings. The average Bonchev–Trinajstić information content (AvgIpc) is 2.50. The van der Waals surface area contributed by atoms with Crippen molar-refractivity contribution in [2.45, 2.75) is 26.3 Å². The zero-order chi connectivity index (χ0) is 14.2. The lowest BCUT2D eigenvalue weighted by molar-refractivity contribution is 0.309. The topological polar surface area (TPSA) is 21.3 Å². The molecule has 0 amide bonds. The van der Waals surface area contributed by atoms with E-state index in [9.17, 15) is 0 Å². The molecule has 0 heterocycles. The number of hydrogen-bond donors (Lipinski definition) is 1. The van der Waals surface area contributed by atoms with E-state index in [1.54, 1.807) is 0 Å². The minimum Gasteiger partial charge on any atom is -0.493 e. The van der Waals surface area contributed by atoms with Gasteiger partial charge in [0.05, 0.1) is 6.61 Å². The van der Waals surface area contributed by atoms with Crippen molar-refractivity contribution in [3.05, 3.63) is 54.6 Å². The lowest BCUT2D eigenvalue weighted by Gasteiger charge is -2.14. The van der Waals surface area contributed by atoms with Crippen molar-refractivity contribution in [1.82, 2.24) is 5.32 Å². The van der Waals surface area contributed by atoms with E-state index in [-0.39, 0.29) is 0 Å². The molecule has 2 aromatic rings. The van der Waals surface area contributed by atoms with Crippen LogP contribution in [-0.4, -0.2) is 13.2 Å². The summed E-state index contributed by atoms with van der Waals surface area (Å²) in [6.45, 7) is 8.40. The molecule has 20 heavy (non-hydrogen) atoms. The Balaban J connectivity index is 2.24. The van der Waals surface area contributed by atoms with E-state index in [4.69, 9.17) is 4.74 Å². The first kappa shape index (κ1) is 14.6. The number of fused-ring (bicyclic) bond motifs is 1. The van der Waals surface area contributed by atoms with Crippen LogP contribution in [0.25, 0.3) is 10.8 Å². The van der Waals surface area contributed by atoms with E-state index >= 15 is 0 Å². The molecule has 0 unspecified atom stereocenters. The van der Waals surface area contributed by atoms with E-state index in [1.165, 1.54) is 16.3 Å². The fourth-order valence-corrected chi connectivity index (χ4v) is 2.29. The van der Waals surface area contributed by atoms with Gasteiger partial charge in [0.1, 0.15) is 5.75 Å². The minimum atomic E-state index is 0.740. The standard InChI is InChI=1S/C18H23NO/c1-3-5-8-13-20-18-12-11-15-9-6-7-10-16(15)17(18)14-19-4-2/h3,6-7,9-12,19H,1,4-5,8,13-14H2,2H3. The summed E-state index contributed by atoms with van der Waals surface area (Å²) in [6.07, 6.45) is 3.94. The number of hydrogen-bond acceptors (Lipinski definition) is 2. The summed E-state index contributed by atoms with van der Waals surface area (Å²) in [6, 6.07) is 12.7. The quantitative estimate of drug-likeness (QED) is 0.570. The average molecular weight is 269 g/mol. The lowest BCUT2D eigenvalue weighted by Crippen LogP contribution is -2.13. The maximum Gasteiger partial charge on any atom is 0.124 e. The van der Waals surface area contributed by atoms with Crippen LogP contribution in [0.5, 0.6) is 5.75 Å². The number of nitrogens with one attached hydrogen (secondary N) is 1. The van der Waals surface area contributed by atoms with Crippen molar-refractivity contribution >= 4 is 10.8 Å².